The topological polar surface area (TPSA) is 92.4 Å². The molecule has 0 radical (unpaired) electrons. The lowest BCUT2D eigenvalue weighted by atomic mass is 9.96. The first-order valence-electron chi connectivity index (χ1n) is 10.5. The average Bonchev–Trinajstić information content (AvgIpc) is 3.20. The third kappa shape index (κ3) is 4.90. The van der Waals surface area contributed by atoms with Crippen molar-refractivity contribution in [1.82, 2.24) is 10.3 Å². The zero-order valence-corrected chi connectivity index (χ0v) is 18.5. The fourth-order valence-electron chi connectivity index (χ4n) is 3.76. The number of benzene rings is 2. The summed E-state index contributed by atoms with van der Waals surface area (Å²) in [6, 6.07) is 9.10. The van der Waals surface area contributed by atoms with Crippen LogP contribution >= 0.6 is 0 Å². The molecule has 36 heavy (non-hydrogen) atoms. The highest BCUT2D eigenvalue weighted by atomic mass is 19.4. The molecular weight excluding hydrogens is 487 g/mol. The first-order valence-corrected chi connectivity index (χ1v) is 10.5. The highest BCUT2D eigenvalue weighted by molar-refractivity contribution is 6.11. The van der Waals surface area contributed by atoms with Gasteiger partial charge in [-0.15, -0.1) is 0 Å². The van der Waals surface area contributed by atoms with E-state index in [-0.39, 0.29) is 44.8 Å². The van der Waals surface area contributed by atoms with Crippen molar-refractivity contribution in [3.05, 3.63) is 77.0 Å². The number of aromatic nitrogens is 1. The second-order valence-electron chi connectivity index (χ2n) is 7.84. The van der Waals surface area contributed by atoms with Crippen LogP contribution in [0, 0.1) is 11.6 Å². The Morgan fingerprint density at radius 3 is 2.33 bits per heavy atom. The molecule has 0 aliphatic heterocycles. The summed E-state index contributed by atoms with van der Waals surface area (Å²) in [6.07, 6.45) is -6.50. The average molecular weight is 504 g/mol. The van der Waals surface area contributed by atoms with Crippen molar-refractivity contribution in [3.8, 4) is 22.5 Å². The Labute approximate surface area is 200 Å². The number of alkyl halides is 3. The molecule has 0 spiro atoms. The normalized spacial score (nSPS) is 11.6. The molecule has 186 valence electrons. The molecule has 4 aromatic rings. The predicted molar refractivity (Wildman–Crippen MR) is 120 cm³/mol. The van der Waals surface area contributed by atoms with Gasteiger partial charge in [0.05, 0.1) is 22.2 Å². The van der Waals surface area contributed by atoms with E-state index in [4.69, 9.17) is 4.42 Å². The molecule has 2 N–H and O–H groups in total. The first kappa shape index (κ1) is 24.8. The van der Waals surface area contributed by atoms with Gasteiger partial charge in [0, 0.05) is 30.2 Å². The molecule has 11 heteroatoms. The fraction of sp³-hybridized carbons (Fsp3) is 0.160. The van der Waals surface area contributed by atoms with Gasteiger partial charge >= 0.3 is 12.1 Å². The maximum atomic E-state index is 14.8. The Balaban J connectivity index is 2.02. The number of pyridine rings is 1. The molecule has 4 rings (SSSR count). The van der Waals surface area contributed by atoms with Gasteiger partial charge in [0.25, 0.3) is 5.91 Å². The van der Waals surface area contributed by atoms with Gasteiger partial charge in [-0.25, -0.2) is 18.6 Å². The second-order valence-corrected chi connectivity index (χ2v) is 7.84. The maximum absolute atomic E-state index is 14.8. The Kier molecular flexibility index (Phi) is 6.49. The van der Waals surface area contributed by atoms with Crippen LogP contribution in [0.2, 0.25) is 0 Å². The standard InChI is InChI=1S/C25H17F5N2O4/c1-31-22(33)20-17-11-16(15-10-13(24(34)35)4-7-18(15)27)19(8-9-25(28,29)30)32-23(17)36-21(20)12-2-5-14(26)6-3-12/h2-7,10-11H,8-9H2,1H3,(H,31,33)(H,34,35). The molecule has 0 fully saturated rings. The maximum Gasteiger partial charge on any atom is 0.389 e. The molecule has 0 aliphatic carbocycles. The molecule has 6 nitrogen and oxygen atoms in total. The number of hydrogen-bond donors (Lipinski definition) is 2. The Hall–Kier alpha value is -4.28. The van der Waals surface area contributed by atoms with Crippen molar-refractivity contribution in [1.29, 1.82) is 0 Å². The van der Waals surface area contributed by atoms with E-state index < -0.39 is 42.5 Å². The van der Waals surface area contributed by atoms with Crippen LogP contribution in [0.1, 0.15) is 32.8 Å². The summed E-state index contributed by atoms with van der Waals surface area (Å²) in [5.41, 5.74) is -0.861. The molecule has 2 heterocycles. The molecule has 0 unspecified atom stereocenters. The molecule has 0 saturated heterocycles. The third-order valence-corrected chi connectivity index (χ3v) is 5.47. The number of nitrogens with one attached hydrogen (secondary N) is 1. The molecule has 0 bridgehead atoms. The van der Waals surface area contributed by atoms with Crippen LogP contribution in [-0.4, -0.2) is 35.2 Å². The van der Waals surface area contributed by atoms with Crippen molar-refractivity contribution in [2.45, 2.75) is 19.0 Å². The number of amides is 1. The van der Waals surface area contributed by atoms with Crippen molar-refractivity contribution >= 4 is 23.0 Å². The van der Waals surface area contributed by atoms with Crippen molar-refractivity contribution in [3.63, 3.8) is 0 Å². The number of carbonyl (C=O) groups is 2. The van der Waals surface area contributed by atoms with E-state index in [1.807, 2.05) is 0 Å². The fourth-order valence-corrected chi connectivity index (χ4v) is 3.76. The molecule has 0 atom stereocenters. The zero-order valence-electron chi connectivity index (χ0n) is 18.5. The third-order valence-electron chi connectivity index (χ3n) is 5.47. The number of carboxylic acid groups (broad SMARTS) is 1. The second kappa shape index (κ2) is 9.40. The number of aromatic carboxylic acids is 1. The number of fused-ring (bicyclic) bond motifs is 1. The quantitative estimate of drug-likeness (QED) is 0.315. The Bertz CT molecular complexity index is 1480. The number of carbonyl (C=O) groups excluding carboxylic acids is 1. The van der Waals surface area contributed by atoms with Crippen LogP contribution in [0.25, 0.3) is 33.6 Å². The number of carboxylic acids is 1. The van der Waals surface area contributed by atoms with Crippen molar-refractivity contribution < 1.29 is 41.1 Å². The molecule has 0 aliphatic rings. The summed E-state index contributed by atoms with van der Waals surface area (Å²) in [5, 5.41) is 11.8. The SMILES string of the molecule is CNC(=O)c1c(-c2ccc(F)cc2)oc2nc(CCC(F)(F)F)c(-c3cc(C(=O)O)ccc3F)cc12. The van der Waals surface area contributed by atoms with E-state index in [9.17, 15) is 36.6 Å². The van der Waals surface area contributed by atoms with Gasteiger partial charge in [-0.05, 0) is 55.0 Å². The Morgan fingerprint density at radius 2 is 1.72 bits per heavy atom. The summed E-state index contributed by atoms with van der Waals surface area (Å²) < 4.78 is 73.1. The summed E-state index contributed by atoms with van der Waals surface area (Å²) in [6.45, 7) is 0. The molecular formula is C25H17F5N2O4. The lowest BCUT2D eigenvalue weighted by Gasteiger charge is -2.12. The van der Waals surface area contributed by atoms with E-state index in [0.717, 1.165) is 30.3 Å². The van der Waals surface area contributed by atoms with Gasteiger partial charge in [-0.2, -0.15) is 13.2 Å². The number of rotatable bonds is 6. The summed E-state index contributed by atoms with van der Waals surface area (Å²) in [4.78, 5) is 28.4. The summed E-state index contributed by atoms with van der Waals surface area (Å²) in [5.74, 6) is -3.45. The highest BCUT2D eigenvalue weighted by Gasteiger charge is 2.30. The van der Waals surface area contributed by atoms with Crippen LogP contribution in [0.15, 0.2) is 52.9 Å². The van der Waals surface area contributed by atoms with Crippen LogP contribution in [0.5, 0.6) is 0 Å². The van der Waals surface area contributed by atoms with Crippen LogP contribution in [0.4, 0.5) is 22.0 Å². The molecule has 2 aromatic heterocycles. The smallest absolute Gasteiger partial charge is 0.389 e. The van der Waals surface area contributed by atoms with E-state index in [2.05, 4.69) is 10.3 Å². The lowest BCUT2D eigenvalue weighted by molar-refractivity contribution is -0.134. The van der Waals surface area contributed by atoms with E-state index in [1.165, 1.54) is 25.2 Å². The van der Waals surface area contributed by atoms with Crippen LogP contribution in [-0.2, 0) is 6.42 Å². The van der Waals surface area contributed by atoms with E-state index in [0.29, 0.717) is 5.56 Å². The number of furan rings is 1. The molecule has 0 saturated carbocycles. The zero-order chi connectivity index (χ0) is 26.2. The van der Waals surface area contributed by atoms with Gasteiger partial charge < -0.3 is 14.8 Å². The highest BCUT2D eigenvalue weighted by Crippen LogP contribution is 2.38. The number of aryl methyl sites for hydroxylation is 1. The molecule has 1 amide bonds. The van der Waals surface area contributed by atoms with Crippen LogP contribution in [0.3, 0.4) is 0 Å². The van der Waals surface area contributed by atoms with E-state index in [1.54, 1.807) is 0 Å². The number of hydrogen-bond acceptors (Lipinski definition) is 4. The minimum Gasteiger partial charge on any atom is -0.478 e. The minimum absolute atomic E-state index is 0.0180. The van der Waals surface area contributed by atoms with Gasteiger partial charge in [-0.3, -0.25) is 4.79 Å². The van der Waals surface area contributed by atoms with Gasteiger partial charge in [0.2, 0.25) is 5.71 Å². The van der Waals surface area contributed by atoms with Crippen molar-refractivity contribution in [2.24, 2.45) is 0 Å². The van der Waals surface area contributed by atoms with Crippen LogP contribution < -0.4 is 5.32 Å². The Morgan fingerprint density at radius 1 is 1.03 bits per heavy atom. The van der Waals surface area contributed by atoms with Crippen molar-refractivity contribution in [2.75, 3.05) is 7.05 Å². The van der Waals surface area contributed by atoms with Gasteiger partial charge in [0.1, 0.15) is 17.4 Å². The van der Waals surface area contributed by atoms with Gasteiger partial charge in [0.15, 0.2) is 0 Å². The largest absolute Gasteiger partial charge is 0.478 e. The van der Waals surface area contributed by atoms with Gasteiger partial charge in [-0.1, -0.05) is 0 Å². The summed E-state index contributed by atoms with van der Waals surface area (Å²) >= 11 is 0. The number of nitrogens with zero attached hydrogens (tertiary/aromatic N) is 1. The minimum atomic E-state index is -4.55. The summed E-state index contributed by atoms with van der Waals surface area (Å²) in [7, 11) is 1.34. The first-order chi connectivity index (χ1) is 17.0. The monoisotopic (exact) mass is 504 g/mol. The lowest BCUT2D eigenvalue weighted by Crippen LogP contribution is -2.18. The van der Waals surface area contributed by atoms with E-state index >= 15 is 0 Å². The number of halogens is 5. The molecule has 2 aromatic carbocycles. The predicted octanol–water partition coefficient (Wildman–Crippen LogP) is 5.99.